The number of aliphatic hydroxyl groups excluding tert-OH is 1. The lowest BCUT2D eigenvalue weighted by Crippen LogP contribution is -2.59. The SMILES string of the molecule is C[C@]12CC3c4ccc(-c5ccc(C#N)cc5)cc4C[C@]45CCC(=O)C=C4CC[C@H](C35)[C@@H]1CC[C@@]2(O)/C=C\CO. The van der Waals surface area contributed by atoms with Crippen LogP contribution in [-0.4, -0.2) is 28.2 Å². The highest BCUT2D eigenvalue weighted by atomic mass is 16.3. The Morgan fingerprint density at radius 3 is 2.64 bits per heavy atom. The first-order valence-electron chi connectivity index (χ1n) is 14.7. The summed E-state index contributed by atoms with van der Waals surface area (Å²) in [5, 5.41) is 30.8. The molecule has 5 aliphatic rings. The maximum atomic E-state index is 12.6. The van der Waals surface area contributed by atoms with Gasteiger partial charge in [0.15, 0.2) is 5.78 Å². The Bertz CT molecular complexity index is 1450. The van der Waals surface area contributed by atoms with Gasteiger partial charge in [0, 0.05) is 11.8 Å². The Morgan fingerprint density at radius 1 is 1.08 bits per heavy atom. The summed E-state index contributed by atoms with van der Waals surface area (Å²) in [7, 11) is 0. The summed E-state index contributed by atoms with van der Waals surface area (Å²) in [5.74, 6) is 2.09. The number of carbonyl (C=O) groups is 1. The maximum Gasteiger partial charge on any atom is 0.155 e. The average Bonchev–Trinajstić information content (AvgIpc) is 3.22. The number of allylic oxidation sites excluding steroid dienone is 1. The Balaban J connectivity index is 1.38. The molecule has 5 aliphatic carbocycles. The van der Waals surface area contributed by atoms with Gasteiger partial charge in [0.05, 0.1) is 23.8 Å². The van der Waals surface area contributed by atoms with Crippen LogP contribution in [0.5, 0.6) is 0 Å². The van der Waals surface area contributed by atoms with Gasteiger partial charge >= 0.3 is 0 Å². The van der Waals surface area contributed by atoms with Gasteiger partial charge in [-0.2, -0.15) is 5.26 Å². The first-order chi connectivity index (χ1) is 18.8. The molecule has 2 unspecified atom stereocenters. The van der Waals surface area contributed by atoms with Crippen LogP contribution in [-0.2, 0) is 11.2 Å². The Labute approximate surface area is 231 Å². The van der Waals surface area contributed by atoms with E-state index >= 15 is 0 Å². The molecule has 0 aliphatic heterocycles. The van der Waals surface area contributed by atoms with Crippen LogP contribution >= 0.6 is 0 Å². The van der Waals surface area contributed by atoms with Gasteiger partial charge in [-0.05, 0) is 114 Å². The molecule has 0 amide bonds. The van der Waals surface area contributed by atoms with Crippen molar-refractivity contribution in [2.24, 2.45) is 28.6 Å². The lowest BCUT2D eigenvalue weighted by Gasteiger charge is -2.65. The largest absolute Gasteiger partial charge is 0.392 e. The smallest absolute Gasteiger partial charge is 0.155 e. The number of hydrogen-bond acceptors (Lipinski definition) is 4. The van der Waals surface area contributed by atoms with Crippen LogP contribution in [0.3, 0.4) is 0 Å². The van der Waals surface area contributed by atoms with Crippen molar-refractivity contribution >= 4 is 5.78 Å². The lowest BCUT2D eigenvalue weighted by atomic mass is 9.39. The third-order valence-electron chi connectivity index (χ3n) is 11.8. The first kappa shape index (κ1) is 25.0. The number of aliphatic hydroxyl groups is 2. The summed E-state index contributed by atoms with van der Waals surface area (Å²) >= 11 is 0. The summed E-state index contributed by atoms with van der Waals surface area (Å²) in [6, 6.07) is 17.0. The molecule has 0 bridgehead atoms. The summed E-state index contributed by atoms with van der Waals surface area (Å²) in [6.45, 7) is 2.26. The molecule has 7 rings (SSSR count). The van der Waals surface area contributed by atoms with Crippen LogP contribution in [0.25, 0.3) is 11.1 Å². The van der Waals surface area contributed by atoms with E-state index in [1.54, 1.807) is 6.08 Å². The van der Waals surface area contributed by atoms with Crippen LogP contribution in [0.2, 0.25) is 0 Å². The molecule has 0 aromatic heterocycles. The minimum Gasteiger partial charge on any atom is -0.392 e. The fourth-order valence-corrected chi connectivity index (χ4v) is 10.1. The number of nitrogens with zero attached hydrogens (tertiary/aromatic N) is 1. The van der Waals surface area contributed by atoms with E-state index in [0.717, 1.165) is 50.5 Å². The highest BCUT2D eigenvalue weighted by Crippen LogP contribution is 2.73. The van der Waals surface area contributed by atoms with Gasteiger partial charge in [-0.1, -0.05) is 55.0 Å². The zero-order valence-corrected chi connectivity index (χ0v) is 22.7. The quantitative estimate of drug-likeness (QED) is 0.469. The normalized spacial score (nSPS) is 38.3. The van der Waals surface area contributed by atoms with Crippen LogP contribution in [0.1, 0.15) is 74.5 Å². The fraction of sp³-hybridized carbons (Fsp3) is 0.486. The van der Waals surface area contributed by atoms with E-state index in [0.29, 0.717) is 35.7 Å². The van der Waals surface area contributed by atoms with Crippen molar-refractivity contribution in [3.05, 3.63) is 83.0 Å². The second-order valence-electron chi connectivity index (χ2n) is 13.2. The molecule has 0 radical (unpaired) electrons. The number of ketones is 1. The Kier molecular flexibility index (Phi) is 5.61. The van der Waals surface area contributed by atoms with Crippen molar-refractivity contribution in [1.29, 1.82) is 5.26 Å². The number of nitriles is 1. The van der Waals surface area contributed by atoms with Crippen molar-refractivity contribution in [1.82, 2.24) is 0 Å². The molecule has 2 N–H and O–H groups in total. The monoisotopic (exact) mass is 519 g/mol. The van der Waals surface area contributed by atoms with Gasteiger partial charge in [-0.3, -0.25) is 4.79 Å². The van der Waals surface area contributed by atoms with Gasteiger partial charge in [0.2, 0.25) is 0 Å². The van der Waals surface area contributed by atoms with E-state index in [-0.39, 0.29) is 23.2 Å². The zero-order valence-electron chi connectivity index (χ0n) is 22.7. The molecular weight excluding hydrogens is 482 g/mol. The molecule has 2 aromatic carbocycles. The van der Waals surface area contributed by atoms with E-state index in [1.165, 1.54) is 22.3 Å². The summed E-state index contributed by atoms with van der Waals surface area (Å²) in [5.41, 5.74) is 6.01. The van der Waals surface area contributed by atoms with Crippen LogP contribution in [0, 0.1) is 39.9 Å². The van der Waals surface area contributed by atoms with Gasteiger partial charge in [-0.25, -0.2) is 0 Å². The second-order valence-corrected chi connectivity index (χ2v) is 13.2. The minimum atomic E-state index is -0.906. The third kappa shape index (κ3) is 3.46. The molecule has 1 spiro atoms. The topological polar surface area (TPSA) is 81.3 Å². The molecule has 4 nitrogen and oxygen atoms in total. The molecule has 3 saturated carbocycles. The molecule has 0 heterocycles. The van der Waals surface area contributed by atoms with Crippen LogP contribution in [0.15, 0.2) is 66.3 Å². The van der Waals surface area contributed by atoms with Crippen molar-refractivity contribution < 1.29 is 15.0 Å². The predicted molar refractivity (Wildman–Crippen MR) is 151 cm³/mol. The number of fused-ring (bicyclic) bond motifs is 4. The Morgan fingerprint density at radius 2 is 1.87 bits per heavy atom. The molecule has 0 saturated heterocycles. The van der Waals surface area contributed by atoms with Gasteiger partial charge in [0.25, 0.3) is 0 Å². The van der Waals surface area contributed by atoms with Crippen LogP contribution < -0.4 is 0 Å². The second kappa shape index (κ2) is 8.75. The third-order valence-corrected chi connectivity index (χ3v) is 11.8. The molecule has 200 valence electrons. The minimum absolute atomic E-state index is 0.0285. The highest BCUT2D eigenvalue weighted by Gasteiger charge is 2.67. The Hall–Kier alpha value is -3.00. The molecule has 4 heteroatoms. The summed E-state index contributed by atoms with van der Waals surface area (Å²) in [4.78, 5) is 12.6. The van der Waals surface area contributed by atoms with E-state index < -0.39 is 5.60 Å². The van der Waals surface area contributed by atoms with Crippen molar-refractivity contribution in [2.75, 3.05) is 6.61 Å². The average molecular weight is 520 g/mol. The zero-order chi connectivity index (χ0) is 27.0. The van der Waals surface area contributed by atoms with Crippen molar-refractivity contribution in [2.45, 2.75) is 69.8 Å². The number of hydrogen-bond donors (Lipinski definition) is 2. The molecule has 2 aromatic rings. The van der Waals surface area contributed by atoms with Gasteiger partial charge in [0.1, 0.15) is 0 Å². The number of carbonyl (C=O) groups excluding carboxylic acids is 1. The van der Waals surface area contributed by atoms with E-state index in [9.17, 15) is 20.3 Å². The lowest BCUT2D eigenvalue weighted by molar-refractivity contribution is -0.128. The first-order valence-corrected chi connectivity index (χ1v) is 14.7. The summed E-state index contributed by atoms with van der Waals surface area (Å²) in [6.07, 6.45) is 13.0. The fourth-order valence-electron chi connectivity index (χ4n) is 10.1. The summed E-state index contributed by atoms with van der Waals surface area (Å²) < 4.78 is 0. The van der Waals surface area contributed by atoms with Crippen molar-refractivity contribution in [3.8, 4) is 17.2 Å². The predicted octanol–water partition coefficient (Wildman–Crippen LogP) is 6.27. The molecule has 3 fully saturated rings. The van der Waals surface area contributed by atoms with Crippen LogP contribution in [0.4, 0.5) is 0 Å². The molecular formula is C35H37NO3. The van der Waals surface area contributed by atoms with E-state index in [4.69, 9.17) is 0 Å². The number of rotatable bonds is 3. The maximum absolute atomic E-state index is 12.6. The highest BCUT2D eigenvalue weighted by molar-refractivity contribution is 5.91. The van der Waals surface area contributed by atoms with Gasteiger partial charge < -0.3 is 10.2 Å². The van der Waals surface area contributed by atoms with Crippen molar-refractivity contribution in [3.63, 3.8) is 0 Å². The van der Waals surface area contributed by atoms with E-state index in [2.05, 4.69) is 31.2 Å². The van der Waals surface area contributed by atoms with E-state index in [1.807, 2.05) is 36.4 Å². The molecule has 39 heavy (non-hydrogen) atoms. The van der Waals surface area contributed by atoms with Gasteiger partial charge in [-0.15, -0.1) is 0 Å². The molecule has 7 atom stereocenters. The number of benzene rings is 2. The standard InChI is InChI=1S/C35H37NO3/c1-33-20-30-28-9-7-24(23-5-3-22(21-36)4-6-23)17-25(28)19-34-14-11-27(38)18-26(34)8-10-29(32(30)34)31(33)12-15-35(33,39)13-2-16-37/h2-7,9,13,17-18,29-32,37,39H,8,10-12,14-16,19-20H2,1H3/b13-2-/t29-,30?,31-,32?,33-,34+,35-/m0/s1.